The minimum Gasteiger partial charge on any atom is -0.507 e. The number of nitrogens with zero attached hydrogens (tertiary/aromatic N) is 8. The Kier molecular flexibility index (Phi) is 14.1. The van der Waals surface area contributed by atoms with E-state index in [1.54, 1.807) is 76.6 Å². The molecule has 93 heavy (non-hydrogen) atoms. The molecule has 2 saturated heterocycles. The van der Waals surface area contributed by atoms with E-state index in [9.17, 15) is 45.0 Å². The van der Waals surface area contributed by atoms with Crippen LogP contribution in [-0.4, -0.2) is 173 Å². The van der Waals surface area contributed by atoms with Gasteiger partial charge in [0.15, 0.2) is 52.8 Å². The lowest BCUT2D eigenvalue weighted by Gasteiger charge is -2.60. The topological polar surface area (TPSA) is 270 Å². The minimum absolute atomic E-state index is 0.00990. The summed E-state index contributed by atoms with van der Waals surface area (Å²) in [6.07, 6.45) is 1.75. The molecule has 4 bridgehead atoms. The van der Waals surface area contributed by atoms with Crippen LogP contribution in [0.25, 0.3) is 0 Å². The van der Waals surface area contributed by atoms with Gasteiger partial charge in [-0.1, -0.05) is 36.4 Å². The number of aromatic hydroxyl groups is 3. The first kappa shape index (κ1) is 59.7. The van der Waals surface area contributed by atoms with Crippen LogP contribution in [-0.2, 0) is 30.4 Å². The number of phenols is 3. The molecule has 10 aliphatic rings. The summed E-state index contributed by atoms with van der Waals surface area (Å²) in [7, 11) is 8.69. The van der Waals surface area contributed by atoms with Crippen LogP contribution >= 0.6 is 0 Å². The molecule has 6 aromatic carbocycles. The molecule has 3 N–H and O–H groups in total. The molecule has 6 aromatic rings. The molecule has 0 saturated carbocycles. The molecule has 16 rings (SSSR count). The first-order valence-electron chi connectivity index (χ1n) is 31.1. The van der Waals surface area contributed by atoms with Crippen LogP contribution in [0.1, 0.15) is 132 Å². The van der Waals surface area contributed by atoms with Gasteiger partial charge < -0.3 is 53.2 Å². The third kappa shape index (κ3) is 8.36. The van der Waals surface area contributed by atoms with Crippen molar-refractivity contribution in [2.75, 3.05) is 68.9 Å². The molecule has 4 unspecified atom stereocenters. The summed E-state index contributed by atoms with van der Waals surface area (Å²) < 4.78 is 46.8. The van der Waals surface area contributed by atoms with Crippen molar-refractivity contribution in [3.8, 4) is 69.6 Å². The molecule has 4 amide bonds. The standard InChI is InChI=1S/C36H36N4O8.C34H32N4O7/c1-17-10-19-11-23-25(13-37)40-24(29(38(23)3)27(19)33(31(17)45-5)46-15-44-4)12-22-28(34-32(47-16-48-34)18(2)30(22)41)26(40)14-39-35(42)20-8-6-7-9-21(20)36(39)43;1-15-9-17-10-21-23(12-35)38-22(27(36(21)3)25(17)29(40)30(15)43-4)11-20-26(32-31(44-14-45-32)16(2)28(20)39)24(38)13-37-33(41)18-7-5-6-8-19(18)34(37)42/h6-10,23-26,29,41H,11-12,14-16H2,1-5H3;5-9,21-24,27,39-40H,10-11,13-14H2,1-4H3/t23-,24?,25?,26-,29-;21-,22?,23?,24-,27-/m00/s1. The minimum atomic E-state index is -0.706. The average molecular weight is 1260 g/mol. The molecular weight excluding hydrogens is 1190 g/mol. The van der Waals surface area contributed by atoms with E-state index in [0.29, 0.717) is 122 Å². The number of likely N-dealkylation sites (N-methyl/N-ethyl adjacent to an activating group) is 2. The number of hydrogen-bond donors (Lipinski definition) is 3. The lowest BCUT2D eigenvalue weighted by molar-refractivity contribution is -0.0766. The second kappa shape index (κ2) is 22.0. The number of ether oxygens (including phenoxy) is 8. The van der Waals surface area contributed by atoms with Gasteiger partial charge in [-0.25, -0.2) is 0 Å². The zero-order valence-corrected chi connectivity index (χ0v) is 52.7. The van der Waals surface area contributed by atoms with Crippen LogP contribution < -0.4 is 33.2 Å². The number of carbonyl (C=O) groups is 4. The van der Waals surface area contributed by atoms with E-state index in [1.807, 2.05) is 34.0 Å². The van der Waals surface area contributed by atoms with E-state index in [1.165, 1.54) is 16.9 Å². The number of aryl methyl sites for hydroxylation is 2. The quantitative estimate of drug-likeness (QED) is 0.0945. The van der Waals surface area contributed by atoms with Crippen molar-refractivity contribution < 1.29 is 72.4 Å². The molecule has 2 fully saturated rings. The highest BCUT2D eigenvalue weighted by Gasteiger charge is 2.60. The first-order chi connectivity index (χ1) is 44.9. The molecule has 0 aliphatic carbocycles. The van der Waals surface area contributed by atoms with Gasteiger partial charge in [-0.15, -0.1) is 0 Å². The summed E-state index contributed by atoms with van der Waals surface area (Å²) in [6.45, 7) is 7.25. The summed E-state index contributed by atoms with van der Waals surface area (Å²) >= 11 is 0. The van der Waals surface area contributed by atoms with Crippen LogP contribution in [0.3, 0.4) is 0 Å². The Morgan fingerprint density at radius 1 is 0.516 bits per heavy atom. The lowest BCUT2D eigenvalue weighted by Crippen LogP contribution is -2.69. The summed E-state index contributed by atoms with van der Waals surface area (Å²) in [4.78, 5) is 66.0. The summed E-state index contributed by atoms with van der Waals surface area (Å²) in [5.74, 6) is 1.96. The highest BCUT2D eigenvalue weighted by atomic mass is 16.7. The molecular formula is C70H68N8O15. The Labute approximate surface area is 535 Å². The third-order valence-corrected chi connectivity index (χ3v) is 21.4. The average Bonchev–Trinajstić information content (AvgIpc) is 1.49. The van der Waals surface area contributed by atoms with E-state index in [4.69, 9.17) is 37.9 Å². The van der Waals surface area contributed by atoms with Gasteiger partial charge in [0.1, 0.15) is 23.6 Å². The molecule has 10 aliphatic heterocycles. The summed E-state index contributed by atoms with van der Waals surface area (Å²) in [5.41, 5.74) is 10.3. The summed E-state index contributed by atoms with van der Waals surface area (Å²) in [6, 6.07) is 18.2. The number of benzene rings is 6. The molecule has 478 valence electrons. The highest BCUT2D eigenvalue weighted by molar-refractivity contribution is 6.22. The van der Waals surface area contributed by atoms with Gasteiger partial charge in [-0.05, 0) is 114 Å². The zero-order chi connectivity index (χ0) is 65.1. The number of piperazine rings is 2. The van der Waals surface area contributed by atoms with E-state index in [0.717, 1.165) is 33.4 Å². The van der Waals surface area contributed by atoms with Crippen LogP contribution in [0, 0.1) is 50.4 Å². The number of fused-ring (bicyclic) bond motifs is 20. The van der Waals surface area contributed by atoms with E-state index < -0.39 is 53.8 Å². The fourth-order valence-corrected chi connectivity index (χ4v) is 17.4. The number of methoxy groups -OCH3 is 3. The van der Waals surface area contributed by atoms with Crippen molar-refractivity contribution in [1.82, 2.24) is 29.4 Å². The normalized spacial score (nSPS) is 25.7. The van der Waals surface area contributed by atoms with Crippen molar-refractivity contribution >= 4 is 23.6 Å². The van der Waals surface area contributed by atoms with E-state index in [-0.39, 0.29) is 80.9 Å². The van der Waals surface area contributed by atoms with Crippen molar-refractivity contribution in [1.29, 1.82) is 10.5 Å². The fourth-order valence-electron chi connectivity index (χ4n) is 17.4. The maximum atomic E-state index is 13.8. The number of imide groups is 2. The monoisotopic (exact) mass is 1260 g/mol. The van der Waals surface area contributed by atoms with Gasteiger partial charge in [-0.2, -0.15) is 10.5 Å². The molecule has 0 spiro atoms. The van der Waals surface area contributed by atoms with Gasteiger partial charge in [0, 0.05) is 88.9 Å². The predicted octanol–water partition coefficient (Wildman–Crippen LogP) is 7.32. The molecule has 0 aromatic heterocycles. The third-order valence-electron chi connectivity index (χ3n) is 21.4. The number of rotatable bonds is 9. The highest BCUT2D eigenvalue weighted by Crippen LogP contribution is 2.61. The largest absolute Gasteiger partial charge is 0.507 e. The Morgan fingerprint density at radius 2 is 0.914 bits per heavy atom. The van der Waals surface area contributed by atoms with Crippen molar-refractivity contribution in [3.05, 3.63) is 150 Å². The molecule has 10 atom stereocenters. The zero-order valence-electron chi connectivity index (χ0n) is 52.7. The molecule has 23 nitrogen and oxygen atoms in total. The van der Waals surface area contributed by atoms with Gasteiger partial charge in [0.2, 0.25) is 13.6 Å². The number of amides is 4. The van der Waals surface area contributed by atoms with Crippen molar-refractivity contribution in [2.24, 2.45) is 0 Å². The van der Waals surface area contributed by atoms with Gasteiger partial charge in [-0.3, -0.25) is 48.6 Å². The van der Waals surface area contributed by atoms with Crippen LogP contribution in [0.5, 0.6) is 57.5 Å². The number of phenolic OH excluding ortho intramolecular Hbond substituents is 3. The smallest absolute Gasteiger partial charge is 0.261 e. The van der Waals surface area contributed by atoms with Crippen LogP contribution in [0.4, 0.5) is 0 Å². The number of hydrogen-bond acceptors (Lipinski definition) is 21. The van der Waals surface area contributed by atoms with E-state index in [2.05, 4.69) is 37.8 Å². The second-order valence-electron chi connectivity index (χ2n) is 25.6. The molecule has 0 radical (unpaired) electrons. The first-order valence-corrected chi connectivity index (χ1v) is 31.1. The Hall–Kier alpha value is -9.62. The number of carbonyl (C=O) groups excluding carboxylic acids is 4. The maximum Gasteiger partial charge on any atom is 0.261 e. The number of nitriles is 2. The maximum absolute atomic E-state index is 13.8. The second-order valence-corrected chi connectivity index (χ2v) is 25.6. The SMILES string of the molecule is COCOc1c(OC)c(C)cc2c1[C@@H]1C3Cc4c(O)c(C)c5c(c4[C@H](CN4C(=O)c6ccccc6C4=O)N3C(C#N)[C@H](C2)N1C)OCO5.COc1c(C)cc2c(c1O)[C@@H]1C3Cc4c(O)c(C)c5c(c4[C@H](CN4C(=O)c6ccccc6C4=O)N3C(C#N)[C@H](C2)N1C)OCO5. The van der Waals surface area contributed by atoms with Gasteiger partial charge in [0.05, 0.1) is 72.8 Å². The summed E-state index contributed by atoms with van der Waals surface area (Å²) in [5, 5.41) is 56.8. The van der Waals surface area contributed by atoms with Crippen molar-refractivity contribution in [2.45, 2.75) is 114 Å². The lowest BCUT2D eigenvalue weighted by atomic mass is 9.71. The van der Waals surface area contributed by atoms with Gasteiger partial charge in [0.25, 0.3) is 23.6 Å². The van der Waals surface area contributed by atoms with Crippen LogP contribution in [0.15, 0.2) is 60.7 Å². The van der Waals surface area contributed by atoms with E-state index >= 15 is 0 Å². The predicted molar refractivity (Wildman–Crippen MR) is 330 cm³/mol. The van der Waals surface area contributed by atoms with Crippen LogP contribution in [0.2, 0.25) is 0 Å². The van der Waals surface area contributed by atoms with Crippen molar-refractivity contribution in [3.63, 3.8) is 0 Å². The Morgan fingerprint density at radius 3 is 1.32 bits per heavy atom. The molecule has 10 heterocycles. The molecule has 23 heteroatoms. The Bertz CT molecular complexity index is 4300. The fraction of sp³-hybridized carbons (Fsp3) is 0.400. The van der Waals surface area contributed by atoms with Gasteiger partial charge >= 0.3 is 0 Å². The Balaban J connectivity index is 0.000000154.